The Labute approximate surface area is 163 Å². The molecule has 0 unspecified atom stereocenters. The van der Waals surface area contributed by atoms with Crippen molar-refractivity contribution in [3.63, 3.8) is 0 Å². The smallest absolute Gasteiger partial charge is 0.343 e. The van der Waals surface area contributed by atoms with Gasteiger partial charge in [-0.15, -0.1) is 0 Å². The number of ether oxygens (including phenoxy) is 2. The van der Waals surface area contributed by atoms with Gasteiger partial charge in [0.05, 0.1) is 31.0 Å². The Morgan fingerprint density at radius 3 is 2.75 bits per heavy atom. The van der Waals surface area contributed by atoms with Crippen LogP contribution in [0.5, 0.6) is 11.5 Å². The van der Waals surface area contributed by atoms with Crippen LogP contribution in [-0.2, 0) is 4.74 Å². The van der Waals surface area contributed by atoms with Crippen LogP contribution in [0, 0.1) is 0 Å². The van der Waals surface area contributed by atoms with Gasteiger partial charge >= 0.3 is 5.97 Å². The summed E-state index contributed by atoms with van der Waals surface area (Å²) in [6, 6.07) is 4.96. The SMILES string of the molecule is CCOC(=O)c1cn2c(cc1=O)-c1cc(OC)c(O)cc1[C@H]1CCC(C)(C)N12. The van der Waals surface area contributed by atoms with Crippen molar-refractivity contribution in [1.82, 2.24) is 4.68 Å². The largest absolute Gasteiger partial charge is 0.504 e. The molecule has 7 heteroatoms. The molecule has 148 valence electrons. The molecule has 2 aliphatic rings. The number of aromatic hydroxyl groups is 1. The summed E-state index contributed by atoms with van der Waals surface area (Å²) in [4.78, 5) is 25.0. The fourth-order valence-electron chi connectivity index (χ4n) is 4.39. The Bertz CT molecular complexity index is 1020. The zero-order valence-corrected chi connectivity index (χ0v) is 16.5. The summed E-state index contributed by atoms with van der Waals surface area (Å²) in [5.74, 6) is -0.201. The molecule has 1 fully saturated rings. The molecule has 0 aliphatic carbocycles. The number of phenols is 1. The second kappa shape index (κ2) is 6.29. The van der Waals surface area contributed by atoms with Gasteiger partial charge in [0.15, 0.2) is 16.9 Å². The number of aromatic nitrogens is 1. The number of carbonyl (C=O) groups is 1. The van der Waals surface area contributed by atoms with Gasteiger partial charge in [0.1, 0.15) is 5.56 Å². The summed E-state index contributed by atoms with van der Waals surface area (Å²) in [6.45, 7) is 6.18. The van der Waals surface area contributed by atoms with Crippen LogP contribution in [0.1, 0.15) is 55.6 Å². The van der Waals surface area contributed by atoms with Crippen LogP contribution in [0.2, 0.25) is 0 Å². The number of hydrogen-bond donors (Lipinski definition) is 1. The zero-order valence-electron chi connectivity index (χ0n) is 16.5. The minimum atomic E-state index is -0.620. The van der Waals surface area contributed by atoms with Gasteiger partial charge < -0.3 is 14.6 Å². The van der Waals surface area contributed by atoms with Gasteiger partial charge in [-0.1, -0.05) is 0 Å². The molecule has 2 aromatic rings. The predicted molar refractivity (Wildman–Crippen MR) is 105 cm³/mol. The van der Waals surface area contributed by atoms with Gasteiger partial charge in [-0.2, -0.15) is 0 Å². The highest BCUT2D eigenvalue weighted by atomic mass is 16.5. The Morgan fingerprint density at radius 2 is 2.07 bits per heavy atom. The number of carbonyl (C=O) groups excluding carboxylic acids is 1. The molecule has 2 aliphatic heterocycles. The minimum absolute atomic E-state index is 0.0150. The molecule has 0 saturated carbocycles. The number of nitrogens with zero attached hydrogens (tertiary/aromatic N) is 2. The first kappa shape index (κ1) is 18.4. The average molecular weight is 384 g/mol. The Kier molecular flexibility index (Phi) is 4.14. The molecule has 0 amide bonds. The van der Waals surface area contributed by atoms with Gasteiger partial charge in [-0.3, -0.25) is 14.5 Å². The summed E-state index contributed by atoms with van der Waals surface area (Å²) >= 11 is 0. The highest BCUT2D eigenvalue weighted by Crippen LogP contribution is 2.50. The Balaban J connectivity index is 2.01. The van der Waals surface area contributed by atoms with E-state index in [2.05, 4.69) is 18.9 Å². The van der Waals surface area contributed by atoms with E-state index < -0.39 is 11.4 Å². The van der Waals surface area contributed by atoms with Gasteiger partial charge in [0, 0.05) is 17.8 Å². The van der Waals surface area contributed by atoms with Gasteiger partial charge in [-0.25, -0.2) is 4.79 Å². The number of rotatable bonds is 3. The van der Waals surface area contributed by atoms with Crippen LogP contribution in [0.25, 0.3) is 11.3 Å². The molecule has 0 spiro atoms. The molecular weight excluding hydrogens is 360 g/mol. The van der Waals surface area contributed by atoms with Crippen LogP contribution in [0.3, 0.4) is 0 Å². The van der Waals surface area contributed by atoms with E-state index in [0.717, 1.165) is 24.0 Å². The molecule has 28 heavy (non-hydrogen) atoms. The third-order valence-corrected chi connectivity index (χ3v) is 5.69. The van der Waals surface area contributed by atoms with Gasteiger partial charge in [-0.05, 0) is 51.3 Å². The number of methoxy groups -OCH3 is 1. The molecule has 1 aromatic heterocycles. The molecular formula is C21H24N2O5. The molecule has 1 atom stereocenters. The summed E-state index contributed by atoms with van der Waals surface area (Å²) in [6.07, 6.45) is 3.41. The third-order valence-electron chi connectivity index (χ3n) is 5.69. The molecule has 1 N–H and O–H groups in total. The summed E-state index contributed by atoms with van der Waals surface area (Å²) in [5, 5.41) is 12.5. The summed E-state index contributed by atoms with van der Waals surface area (Å²) in [5.41, 5.74) is 1.87. The predicted octanol–water partition coefficient (Wildman–Crippen LogP) is 2.97. The van der Waals surface area contributed by atoms with Gasteiger partial charge in [0.2, 0.25) is 0 Å². The molecule has 0 radical (unpaired) electrons. The van der Waals surface area contributed by atoms with Crippen molar-refractivity contribution < 1.29 is 19.4 Å². The molecule has 7 nitrogen and oxygen atoms in total. The normalized spacial score (nSPS) is 18.9. The summed E-state index contributed by atoms with van der Waals surface area (Å²) < 4.78 is 12.2. The third kappa shape index (κ3) is 2.57. The first-order chi connectivity index (χ1) is 13.3. The maximum atomic E-state index is 12.7. The van der Waals surface area contributed by atoms with E-state index in [4.69, 9.17) is 9.47 Å². The highest BCUT2D eigenvalue weighted by Gasteiger charge is 2.45. The van der Waals surface area contributed by atoms with Crippen LogP contribution in [0.4, 0.5) is 0 Å². The first-order valence-corrected chi connectivity index (χ1v) is 9.43. The number of pyridine rings is 1. The lowest BCUT2D eigenvalue weighted by molar-refractivity contribution is 0.0523. The van der Waals surface area contributed by atoms with E-state index in [1.807, 2.05) is 4.68 Å². The maximum Gasteiger partial charge on any atom is 0.343 e. The van der Waals surface area contributed by atoms with Crippen molar-refractivity contribution in [2.24, 2.45) is 0 Å². The quantitative estimate of drug-likeness (QED) is 0.820. The van der Waals surface area contributed by atoms with Crippen molar-refractivity contribution in [1.29, 1.82) is 0 Å². The maximum absolute atomic E-state index is 12.7. The second-order valence-electron chi connectivity index (χ2n) is 7.82. The molecule has 4 rings (SSSR count). The van der Waals surface area contributed by atoms with Crippen molar-refractivity contribution in [2.75, 3.05) is 18.7 Å². The molecule has 0 bridgehead atoms. The molecule has 1 saturated heterocycles. The second-order valence-corrected chi connectivity index (χ2v) is 7.82. The van der Waals surface area contributed by atoms with E-state index in [1.165, 1.54) is 13.2 Å². The monoisotopic (exact) mass is 384 g/mol. The number of esters is 1. The van der Waals surface area contributed by atoms with Crippen LogP contribution < -0.4 is 15.2 Å². The molecule has 3 heterocycles. The Hall–Kier alpha value is -2.96. The van der Waals surface area contributed by atoms with E-state index in [-0.39, 0.29) is 29.5 Å². The average Bonchev–Trinajstić information content (AvgIpc) is 2.97. The first-order valence-electron chi connectivity index (χ1n) is 9.43. The fourth-order valence-corrected chi connectivity index (χ4v) is 4.39. The van der Waals surface area contributed by atoms with Crippen LogP contribution in [0.15, 0.2) is 29.2 Å². The van der Waals surface area contributed by atoms with Crippen molar-refractivity contribution in [3.8, 4) is 22.8 Å². The summed E-state index contributed by atoms with van der Waals surface area (Å²) in [7, 11) is 1.49. The highest BCUT2D eigenvalue weighted by molar-refractivity contribution is 5.89. The topological polar surface area (TPSA) is 81.0 Å². The van der Waals surface area contributed by atoms with Crippen molar-refractivity contribution in [2.45, 2.75) is 45.2 Å². The number of hydrogen-bond acceptors (Lipinski definition) is 6. The molecule has 1 aromatic carbocycles. The van der Waals surface area contributed by atoms with E-state index in [9.17, 15) is 14.7 Å². The lowest BCUT2D eigenvalue weighted by atomic mass is 9.93. The minimum Gasteiger partial charge on any atom is -0.504 e. The number of fused-ring (bicyclic) bond motifs is 6. The fraction of sp³-hybridized carbons (Fsp3) is 0.429. The van der Waals surface area contributed by atoms with E-state index in [1.54, 1.807) is 25.3 Å². The van der Waals surface area contributed by atoms with Crippen LogP contribution >= 0.6 is 0 Å². The lowest BCUT2D eigenvalue weighted by Crippen LogP contribution is -2.50. The van der Waals surface area contributed by atoms with E-state index in [0.29, 0.717) is 11.4 Å². The van der Waals surface area contributed by atoms with Crippen LogP contribution in [-0.4, -0.2) is 35.0 Å². The van der Waals surface area contributed by atoms with Crippen molar-refractivity contribution >= 4 is 5.97 Å². The number of phenolic OH excluding ortho intramolecular Hbond substituents is 1. The van der Waals surface area contributed by atoms with Crippen molar-refractivity contribution in [3.05, 3.63) is 45.7 Å². The lowest BCUT2D eigenvalue weighted by Gasteiger charge is -2.44. The van der Waals surface area contributed by atoms with Gasteiger partial charge in [0.25, 0.3) is 0 Å². The Morgan fingerprint density at radius 1 is 1.32 bits per heavy atom. The zero-order chi connectivity index (χ0) is 20.2. The number of benzene rings is 1. The van der Waals surface area contributed by atoms with E-state index >= 15 is 0 Å². The standard InChI is InChI=1S/C21H24N2O5/c1-5-28-20(26)14-11-22-16(10-17(14)24)13-9-19(27-4)18(25)8-12(13)15-6-7-21(2,3)23(15)22/h8-11,15,25H,5-7H2,1-4H3/t15-/m1/s1.